The second kappa shape index (κ2) is 5.95. The number of aryl methyl sites for hydroxylation is 3. The fraction of sp³-hybridized carbons (Fsp3) is 0.316. The lowest BCUT2D eigenvalue weighted by molar-refractivity contribution is 0.0835. The van der Waals surface area contributed by atoms with Gasteiger partial charge in [-0.3, -0.25) is 0 Å². The number of oxime groups is 1. The van der Waals surface area contributed by atoms with Crippen molar-refractivity contribution in [2.24, 2.45) is 5.16 Å². The fourth-order valence-corrected chi connectivity index (χ4v) is 3.29. The van der Waals surface area contributed by atoms with Gasteiger partial charge in [0.15, 0.2) is 17.6 Å². The average Bonchev–Trinajstić information content (AvgIpc) is 2.95. The van der Waals surface area contributed by atoms with E-state index in [1.54, 1.807) is 6.07 Å². The molecule has 0 fully saturated rings. The molecule has 4 nitrogen and oxygen atoms in total. The predicted molar refractivity (Wildman–Crippen MR) is 90.3 cm³/mol. The Bertz CT molecular complexity index is 757. The third-order valence-electron chi connectivity index (χ3n) is 4.23. The van der Waals surface area contributed by atoms with E-state index in [-0.39, 0.29) is 11.9 Å². The molecule has 23 heavy (non-hydrogen) atoms. The molecule has 1 unspecified atom stereocenters. The molecular weight excluding hydrogens is 290 g/mol. The van der Waals surface area contributed by atoms with Crippen molar-refractivity contribution < 1.29 is 14.7 Å². The molecule has 4 heteroatoms. The van der Waals surface area contributed by atoms with E-state index in [9.17, 15) is 5.11 Å². The number of para-hydroxylation sites is 1. The van der Waals surface area contributed by atoms with Gasteiger partial charge in [0, 0.05) is 17.5 Å². The van der Waals surface area contributed by atoms with E-state index in [0.717, 1.165) is 11.3 Å². The average molecular weight is 311 g/mol. The van der Waals surface area contributed by atoms with Gasteiger partial charge in [-0.15, -0.1) is 0 Å². The highest BCUT2D eigenvalue weighted by atomic mass is 16.6. The van der Waals surface area contributed by atoms with Crippen LogP contribution in [0.4, 0.5) is 0 Å². The van der Waals surface area contributed by atoms with E-state index in [2.05, 4.69) is 38.1 Å². The second-order valence-electron chi connectivity index (χ2n) is 6.01. The van der Waals surface area contributed by atoms with Crippen LogP contribution in [0.3, 0.4) is 0 Å². The lowest BCUT2D eigenvalue weighted by Crippen LogP contribution is -2.06. The minimum Gasteiger partial charge on any atom is -0.504 e. The van der Waals surface area contributed by atoms with Crippen molar-refractivity contribution in [1.82, 2.24) is 0 Å². The van der Waals surface area contributed by atoms with Crippen LogP contribution in [0.25, 0.3) is 0 Å². The minimum atomic E-state index is -0.291. The largest absolute Gasteiger partial charge is 0.504 e. The van der Waals surface area contributed by atoms with Crippen LogP contribution in [0.5, 0.6) is 11.5 Å². The standard InChI is InChI=1S/C19H21NO3/c1-11-8-12(2)18(13(3)9-11)15-10-17(23-20-15)14-6-5-7-16(22-4)19(14)21/h5-9,17,21H,10H2,1-4H3. The number of ether oxygens (including phenoxy) is 1. The zero-order valence-electron chi connectivity index (χ0n) is 13.9. The first-order valence-corrected chi connectivity index (χ1v) is 7.68. The molecule has 2 aromatic rings. The number of hydrogen-bond acceptors (Lipinski definition) is 4. The Kier molecular flexibility index (Phi) is 3.99. The van der Waals surface area contributed by atoms with E-state index < -0.39 is 0 Å². The molecule has 1 aliphatic heterocycles. The van der Waals surface area contributed by atoms with Crippen molar-refractivity contribution >= 4 is 5.71 Å². The van der Waals surface area contributed by atoms with Crippen molar-refractivity contribution in [1.29, 1.82) is 0 Å². The van der Waals surface area contributed by atoms with Crippen LogP contribution < -0.4 is 4.74 Å². The summed E-state index contributed by atoms with van der Waals surface area (Å²) in [6.07, 6.45) is 0.339. The lowest BCUT2D eigenvalue weighted by Gasteiger charge is -2.13. The van der Waals surface area contributed by atoms with Gasteiger partial charge in [-0.2, -0.15) is 0 Å². The van der Waals surface area contributed by atoms with Crippen molar-refractivity contribution in [3.8, 4) is 11.5 Å². The first-order chi connectivity index (χ1) is 11.0. The molecule has 120 valence electrons. The van der Waals surface area contributed by atoms with Crippen LogP contribution in [0, 0.1) is 20.8 Å². The van der Waals surface area contributed by atoms with Crippen LogP contribution in [-0.4, -0.2) is 17.9 Å². The molecule has 0 bridgehead atoms. The number of nitrogens with zero attached hydrogens (tertiary/aromatic N) is 1. The van der Waals surface area contributed by atoms with E-state index in [1.165, 1.54) is 23.8 Å². The molecule has 3 rings (SSSR count). The smallest absolute Gasteiger partial charge is 0.164 e. The molecule has 0 radical (unpaired) electrons. The Morgan fingerprint density at radius 1 is 1.17 bits per heavy atom. The summed E-state index contributed by atoms with van der Waals surface area (Å²) in [5.74, 6) is 0.566. The Balaban J connectivity index is 1.90. The first kappa shape index (κ1) is 15.4. The van der Waals surface area contributed by atoms with Gasteiger partial charge in [0.25, 0.3) is 0 Å². The molecular formula is C19H21NO3. The summed E-state index contributed by atoms with van der Waals surface area (Å²) in [6, 6.07) is 9.72. The monoisotopic (exact) mass is 311 g/mol. The highest BCUT2D eigenvalue weighted by molar-refractivity contribution is 6.03. The number of benzene rings is 2. The molecule has 0 amide bonds. The maximum absolute atomic E-state index is 10.3. The maximum Gasteiger partial charge on any atom is 0.164 e. The molecule has 0 aromatic heterocycles. The van der Waals surface area contributed by atoms with Gasteiger partial charge >= 0.3 is 0 Å². The van der Waals surface area contributed by atoms with Crippen molar-refractivity contribution in [3.05, 3.63) is 58.1 Å². The molecule has 0 aliphatic carbocycles. The SMILES string of the molecule is COc1cccc(C2CC(c3c(C)cc(C)cc3C)=NO2)c1O. The Morgan fingerprint density at radius 2 is 1.87 bits per heavy atom. The summed E-state index contributed by atoms with van der Waals surface area (Å²) in [5.41, 5.74) is 6.39. The number of aromatic hydroxyl groups is 1. The fourth-order valence-electron chi connectivity index (χ4n) is 3.29. The summed E-state index contributed by atoms with van der Waals surface area (Å²) in [7, 11) is 1.54. The molecule has 0 saturated carbocycles. The van der Waals surface area contributed by atoms with Gasteiger partial charge in [-0.05, 0) is 38.0 Å². The highest BCUT2D eigenvalue weighted by Gasteiger charge is 2.28. The van der Waals surface area contributed by atoms with Crippen LogP contribution in [0.2, 0.25) is 0 Å². The summed E-state index contributed by atoms with van der Waals surface area (Å²) < 4.78 is 5.17. The molecule has 0 spiro atoms. The molecule has 1 heterocycles. The molecule has 1 N–H and O–H groups in total. The quantitative estimate of drug-likeness (QED) is 0.924. The minimum absolute atomic E-state index is 0.119. The van der Waals surface area contributed by atoms with Gasteiger partial charge in [0.05, 0.1) is 12.8 Å². The van der Waals surface area contributed by atoms with Crippen LogP contribution in [0.1, 0.15) is 40.3 Å². The number of phenols is 1. The van der Waals surface area contributed by atoms with Gasteiger partial charge in [0.2, 0.25) is 0 Å². The van der Waals surface area contributed by atoms with Gasteiger partial charge in [-0.1, -0.05) is 35.0 Å². The van der Waals surface area contributed by atoms with Crippen LogP contribution in [0.15, 0.2) is 35.5 Å². The Labute approximate surface area is 136 Å². The highest BCUT2D eigenvalue weighted by Crippen LogP contribution is 2.39. The number of rotatable bonds is 3. The summed E-state index contributed by atoms with van der Waals surface area (Å²) in [5, 5.41) is 14.6. The van der Waals surface area contributed by atoms with E-state index in [0.29, 0.717) is 17.7 Å². The molecule has 1 atom stereocenters. The number of phenolic OH excluding ortho intramolecular Hbond substituents is 1. The zero-order chi connectivity index (χ0) is 16.6. The van der Waals surface area contributed by atoms with E-state index in [1.807, 2.05) is 12.1 Å². The maximum atomic E-state index is 10.3. The van der Waals surface area contributed by atoms with E-state index in [4.69, 9.17) is 9.57 Å². The molecule has 1 aliphatic rings. The van der Waals surface area contributed by atoms with Gasteiger partial charge < -0.3 is 14.7 Å². The van der Waals surface area contributed by atoms with Crippen molar-refractivity contribution in [2.45, 2.75) is 33.3 Å². The van der Waals surface area contributed by atoms with Crippen LogP contribution >= 0.6 is 0 Å². The van der Waals surface area contributed by atoms with E-state index >= 15 is 0 Å². The van der Waals surface area contributed by atoms with Crippen molar-refractivity contribution in [2.75, 3.05) is 7.11 Å². The third kappa shape index (κ3) is 2.77. The predicted octanol–water partition coefficient (Wildman–Crippen LogP) is 4.19. The van der Waals surface area contributed by atoms with Gasteiger partial charge in [0.1, 0.15) is 0 Å². The normalized spacial score (nSPS) is 16.9. The molecule has 2 aromatic carbocycles. The Morgan fingerprint density at radius 3 is 2.52 bits per heavy atom. The zero-order valence-corrected chi connectivity index (χ0v) is 13.9. The second-order valence-corrected chi connectivity index (χ2v) is 6.01. The topological polar surface area (TPSA) is 51.0 Å². The third-order valence-corrected chi connectivity index (χ3v) is 4.23. The summed E-state index contributed by atoms with van der Waals surface area (Å²) in [6.45, 7) is 6.27. The van der Waals surface area contributed by atoms with Crippen molar-refractivity contribution in [3.63, 3.8) is 0 Å². The Hall–Kier alpha value is -2.49. The first-order valence-electron chi connectivity index (χ1n) is 7.68. The lowest BCUT2D eigenvalue weighted by atomic mass is 9.92. The molecule has 0 saturated heterocycles. The van der Waals surface area contributed by atoms with Gasteiger partial charge in [-0.25, -0.2) is 0 Å². The number of hydrogen-bond donors (Lipinski definition) is 1. The summed E-state index contributed by atoms with van der Waals surface area (Å²) >= 11 is 0. The number of methoxy groups -OCH3 is 1. The summed E-state index contributed by atoms with van der Waals surface area (Å²) in [4.78, 5) is 5.60. The van der Waals surface area contributed by atoms with Crippen LogP contribution in [-0.2, 0) is 4.84 Å².